The molecule has 2 heterocycles. The van der Waals surface area contributed by atoms with Crippen molar-refractivity contribution in [1.82, 2.24) is 14.8 Å². The number of carbonyl (C=O) groups is 1. The van der Waals surface area contributed by atoms with Crippen LogP contribution < -0.4 is 0 Å². The van der Waals surface area contributed by atoms with Crippen LogP contribution >= 0.6 is 11.3 Å². The highest BCUT2D eigenvalue weighted by Gasteiger charge is 2.30. The van der Waals surface area contributed by atoms with Crippen LogP contribution in [0.15, 0.2) is 54.6 Å². The number of amides is 1. The van der Waals surface area contributed by atoms with Crippen LogP contribution in [0.25, 0.3) is 10.2 Å². The first-order valence-corrected chi connectivity index (χ1v) is 11.4. The summed E-state index contributed by atoms with van der Waals surface area (Å²) in [6.07, 6.45) is 2.14. The number of para-hydroxylation sites is 1. The Bertz CT molecular complexity index is 914. The Balaban J connectivity index is 1.36. The van der Waals surface area contributed by atoms with Gasteiger partial charge in [0.15, 0.2) is 0 Å². The van der Waals surface area contributed by atoms with Gasteiger partial charge in [-0.15, -0.1) is 11.3 Å². The van der Waals surface area contributed by atoms with E-state index in [1.165, 1.54) is 15.3 Å². The van der Waals surface area contributed by atoms with Crippen molar-refractivity contribution in [2.24, 2.45) is 0 Å². The summed E-state index contributed by atoms with van der Waals surface area (Å²) in [6, 6.07) is 18.6. The largest absolute Gasteiger partial charge is 0.337 e. The minimum atomic E-state index is -0.0741. The number of benzene rings is 2. The van der Waals surface area contributed by atoms with E-state index in [1.54, 1.807) is 0 Å². The molecule has 1 aliphatic heterocycles. The first-order valence-electron chi connectivity index (χ1n) is 10.6. The number of rotatable bonds is 6. The molecular weight excluding hydrogens is 378 g/mol. The fourth-order valence-corrected chi connectivity index (χ4v) is 5.30. The van der Waals surface area contributed by atoms with E-state index in [9.17, 15) is 4.79 Å². The Morgan fingerprint density at radius 1 is 1.14 bits per heavy atom. The first kappa shape index (κ1) is 20.0. The third kappa shape index (κ3) is 4.51. The van der Waals surface area contributed by atoms with Crippen molar-refractivity contribution in [3.05, 3.63) is 65.2 Å². The van der Waals surface area contributed by atoms with Gasteiger partial charge in [-0.05, 0) is 57.5 Å². The third-order valence-electron chi connectivity index (χ3n) is 6.00. The Kier molecular flexibility index (Phi) is 6.26. The quantitative estimate of drug-likeness (QED) is 0.582. The normalized spacial score (nSPS) is 16.8. The van der Waals surface area contributed by atoms with Crippen molar-refractivity contribution in [2.45, 2.75) is 45.2 Å². The predicted octanol–water partition coefficient (Wildman–Crippen LogP) is 4.91. The van der Waals surface area contributed by atoms with Crippen LogP contribution in [0.5, 0.6) is 0 Å². The fraction of sp³-hybridized carbons (Fsp3) is 0.417. The van der Waals surface area contributed by atoms with Crippen LogP contribution in [0.4, 0.5) is 0 Å². The van der Waals surface area contributed by atoms with Gasteiger partial charge in [-0.2, -0.15) is 0 Å². The number of carbonyl (C=O) groups excluding carboxylic acids is 1. The summed E-state index contributed by atoms with van der Waals surface area (Å²) in [5.74, 6) is 0.743. The molecule has 1 amide bonds. The van der Waals surface area contributed by atoms with Crippen LogP contribution in [0.3, 0.4) is 0 Å². The summed E-state index contributed by atoms with van der Waals surface area (Å²) in [5.41, 5.74) is 2.29. The fourth-order valence-electron chi connectivity index (χ4n) is 4.17. The molecule has 3 aromatic rings. The summed E-state index contributed by atoms with van der Waals surface area (Å²) < 4.78 is 1.27. The second-order valence-corrected chi connectivity index (χ2v) is 8.91. The van der Waals surface area contributed by atoms with Gasteiger partial charge in [0.05, 0.1) is 21.3 Å². The Hall–Kier alpha value is -2.24. The van der Waals surface area contributed by atoms with Gasteiger partial charge in [-0.1, -0.05) is 42.5 Å². The third-order valence-corrected chi connectivity index (χ3v) is 7.20. The van der Waals surface area contributed by atoms with Crippen molar-refractivity contribution in [2.75, 3.05) is 19.6 Å². The van der Waals surface area contributed by atoms with E-state index < -0.39 is 0 Å². The Labute approximate surface area is 177 Å². The van der Waals surface area contributed by atoms with Crippen LogP contribution in [-0.4, -0.2) is 46.4 Å². The van der Waals surface area contributed by atoms with Crippen LogP contribution in [0.2, 0.25) is 0 Å². The highest BCUT2D eigenvalue weighted by molar-refractivity contribution is 7.18. The zero-order chi connectivity index (χ0) is 20.2. The summed E-state index contributed by atoms with van der Waals surface area (Å²) in [7, 11) is 0. The first-order chi connectivity index (χ1) is 14.2. The van der Waals surface area contributed by atoms with Crippen molar-refractivity contribution >= 4 is 27.5 Å². The molecule has 0 radical (unpaired) electrons. The summed E-state index contributed by atoms with van der Waals surface area (Å²) in [5, 5.41) is 1.25. The number of hydrogen-bond donors (Lipinski definition) is 0. The SMILES string of the molecule is CCN(Cc1ccccc1)C(=O)C(C)N1CCC(c2nc3ccccc3s2)CC1. The van der Waals surface area contributed by atoms with Gasteiger partial charge in [0, 0.05) is 19.0 Å². The molecule has 0 saturated carbocycles. The Morgan fingerprint density at radius 2 is 1.83 bits per heavy atom. The molecule has 0 spiro atoms. The summed E-state index contributed by atoms with van der Waals surface area (Å²) in [6.45, 7) is 7.45. The van der Waals surface area contributed by atoms with Gasteiger partial charge in [-0.25, -0.2) is 4.98 Å². The van der Waals surface area contributed by atoms with Crippen molar-refractivity contribution in [3.8, 4) is 0 Å². The zero-order valence-electron chi connectivity index (χ0n) is 17.3. The van der Waals surface area contributed by atoms with Gasteiger partial charge in [0.25, 0.3) is 0 Å². The van der Waals surface area contributed by atoms with Gasteiger partial charge >= 0.3 is 0 Å². The average Bonchev–Trinajstić information content (AvgIpc) is 3.21. The maximum absolute atomic E-state index is 13.1. The number of piperidine rings is 1. The maximum Gasteiger partial charge on any atom is 0.239 e. The molecule has 1 aromatic heterocycles. The molecule has 0 bridgehead atoms. The minimum Gasteiger partial charge on any atom is -0.337 e. The van der Waals surface area contributed by atoms with E-state index >= 15 is 0 Å². The molecule has 4 nitrogen and oxygen atoms in total. The number of hydrogen-bond acceptors (Lipinski definition) is 4. The molecule has 152 valence electrons. The molecule has 4 rings (SSSR count). The molecule has 0 N–H and O–H groups in total. The van der Waals surface area contributed by atoms with Gasteiger partial charge in [-0.3, -0.25) is 9.69 Å². The second-order valence-electron chi connectivity index (χ2n) is 7.84. The maximum atomic E-state index is 13.1. The molecule has 5 heteroatoms. The van der Waals surface area contributed by atoms with Crippen molar-refractivity contribution in [1.29, 1.82) is 0 Å². The molecule has 2 aromatic carbocycles. The van der Waals surface area contributed by atoms with E-state index in [0.717, 1.165) is 38.0 Å². The molecule has 0 aliphatic carbocycles. The van der Waals surface area contributed by atoms with E-state index in [-0.39, 0.29) is 11.9 Å². The van der Waals surface area contributed by atoms with Crippen molar-refractivity contribution in [3.63, 3.8) is 0 Å². The number of likely N-dealkylation sites (N-methyl/N-ethyl adjacent to an activating group) is 1. The standard InChI is InChI=1S/C24H29N3OS/c1-3-26(17-19-9-5-4-6-10-19)24(28)18(2)27-15-13-20(14-16-27)23-25-21-11-7-8-12-22(21)29-23/h4-12,18,20H,3,13-17H2,1-2H3. The average molecular weight is 408 g/mol. The van der Waals surface area contributed by atoms with E-state index in [1.807, 2.05) is 34.4 Å². The summed E-state index contributed by atoms with van der Waals surface area (Å²) >= 11 is 1.82. The lowest BCUT2D eigenvalue weighted by molar-refractivity contribution is -0.137. The van der Waals surface area contributed by atoms with E-state index in [0.29, 0.717) is 12.5 Å². The van der Waals surface area contributed by atoms with E-state index in [4.69, 9.17) is 4.98 Å². The van der Waals surface area contributed by atoms with E-state index in [2.05, 4.69) is 55.1 Å². The monoisotopic (exact) mass is 407 g/mol. The van der Waals surface area contributed by atoms with Crippen LogP contribution in [0.1, 0.15) is 43.2 Å². The molecule has 1 unspecified atom stereocenters. The van der Waals surface area contributed by atoms with Crippen molar-refractivity contribution < 1.29 is 4.79 Å². The van der Waals surface area contributed by atoms with Crippen LogP contribution in [0, 0.1) is 0 Å². The topological polar surface area (TPSA) is 36.4 Å². The summed E-state index contributed by atoms with van der Waals surface area (Å²) in [4.78, 5) is 22.3. The highest BCUT2D eigenvalue weighted by atomic mass is 32.1. The smallest absolute Gasteiger partial charge is 0.239 e. The molecule has 1 fully saturated rings. The number of likely N-dealkylation sites (tertiary alicyclic amines) is 1. The van der Waals surface area contributed by atoms with Gasteiger partial charge < -0.3 is 4.90 Å². The molecule has 29 heavy (non-hydrogen) atoms. The molecule has 1 atom stereocenters. The second kappa shape index (κ2) is 9.06. The number of fused-ring (bicyclic) bond motifs is 1. The number of thiazole rings is 1. The minimum absolute atomic E-state index is 0.0741. The Morgan fingerprint density at radius 3 is 2.52 bits per heavy atom. The molecule has 1 aliphatic rings. The van der Waals surface area contributed by atoms with Gasteiger partial charge in [0.2, 0.25) is 5.91 Å². The lowest BCUT2D eigenvalue weighted by atomic mass is 9.96. The molecule has 1 saturated heterocycles. The number of aromatic nitrogens is 1. The predicted molar refractivity (Wildman–Crippen MR) is 120 cm³/mol. The zero-order valence-corrected chi connectivity index (χ0v) is 18.1. The lowest BCUT2D eigenvalue weighted by Gasteiger charge is -2.36. The number of nitrogens with zero attached hydrogens (tertiary/aromatic N) is 3. The highest BCUT2D eigenvalue weighted by Crippen LogP contribution is 2.34. The lowest BCUT2D eigenvalue weighted by Crippen LogP contribution is -2.49. The van der Waals surface area contributed by atoms with Gasteiger partial charge in [0.1, 0.15) is 0 Å². The molecular formula is C24H29N3OS. The van der Waals surface area contributed by atoms with Crippen LogP contribution in [-0.2, 0) is 11.3 Å².